The lowest BCUT2D eigenvalue weighted by atomic mass is 9.99. The number of aryl methyl sites for hydroxylation is 2. The van der Waals surface area contributed by atoms with Crippen molar-refractivity contribution < 1.29 is 29.3 Å². The van der Waals surface area contributed by atoms with Gasteiger partial charge in [-0.2, -0.15) is 0 Å². The molecule has 32 heavy (non-hydrogen) atoms. The van der Waals surface area contributed by atoms with Gasteiger partial charge in [-0.25, -0.2) is 4.79 Å². The van der Waals surface area contributed by atoms with Crippen LogP contribution in [0, 0.1) is 6.92 Å². The molecule has 0 aliphatic carbocycles. The van der Waals surface area contributed by atoms with E-state index in [1.807, 2.05) is 19.1 Å². The number of aromatic hydroxyl groups is 1. The molecule has 0 bridgehead atoms. The molecule has 0 fully saturated rings. The van der Waals surface area contributed by atoms with Gasteiger partial charge in [0.05, 0.1) is 19.6 Å². The maximum atomic E-state index is 13.2. The molecule has 2 aromatic rings. The highest BCUT2D eigenvalue weighted by Crippen LogP contribution is 2.20. The Balaban J connectivity index is 2.07. The number of benzene rings is 2. The van der Waals surface area contributed by atoms with Crippen LogP contribution in [0.25, 0.3) is 0 Å². The van der Waals surface area contributed by atoms with Crippen molar-refractivity contribution in [3.8, 4) is 5.75 Å². The number of phenolic OH excluding ortho intramolecular Hbond substituents is 1. The number of nitrogens with one attached hydrogen (secondary N) is 2. The Morgan fingerprint density at radius 3 is 2.50 bits per heavy atom. The van der Waals surface area contributed by atoms with Crippen LogP contribution in [-0.2, 0) is 20.7 Å². The zero-order valence-electron chi connectivity index (χ0n) is 18.6. The fraction of sp³-hybridized carbons (Fsp3) is 0.375. The van der Waals surface area contributed by atoms with Crippen molar-refractivity contribution in [1.29, 1.82) is 0 Å². The van der Waals surface area contributed by atoms with Crippen molar-refractivity contribution in [3.63, 3.8) is 0 Å². The minimum absolute atomic E-state index is 0.243. The number of hydrogen-bond acceptors (Lipinski definition) is 7. The van der Waals surface area contributed by atoms with Gasteiger partial charge >= 0.3 is 11.9 Å². The van der Waals surface area contributed by atoms with E-state index in [4.69, 9.17) is 4.74 Å². The van der Waals surface area contributed by atoms with E-state index in [-0.39, 0.29) is 18.0 Å². The van der Waals surface area contributed by atoms with Crippen molar-refractivity contribution in [3.05, 3.63) is 59.2 Å². The Kier molecular flexibility index (Phi) is 9.22. The highest BCUT2D eigenvalue weighted by molar-refractivity contribution is 6.06. The molecule has 2 rings (SSSR count). The molecule has 2 aromatic carbocycles. The topological polar surface area (TPSA) is 125 Å². The summed E-state index contributed by atoms with van der Waals surface area (Å²) in [7, 11) is 1.28. The first kappa shape index (κ1) is 24.9. The van der Waals surface area contributed by atoms with Crippen LogP contribution < -0.4 is 10.6 Å². The number of ether oxygens (including phenoxy) is 1. The molecule has 8 heteroatoms. The molecule has 0 heterocycles. The lowest BCUT2D eigenvalue weighted by molar-refractivity contribution is -0.141. The van der Waals surface area contributed by atoms with Crippen molar-refractivity contribution in [2.75, 3.05) is 19.0 Å². The highest BCUT2D eigenvalue weighted by atomic mass is 16.5. The average Bonchev–Trinajstić information content (AvgIpc) is 2.77. The third-order valence-electron chi connectivity index (χ3n) is 5.11. The summed E-state index contributed by atoms with van der Waals surface area (Å²) in [6.45, 7) is 3.88. The monoisotopic (exact) mass is 442 g/mol. The smallest absolute Gasteiger partial charge is 0.327 e. The predicted octanol–water partition coefficient (Wildman–Crippen LogP) is 2.92. The SMILES string of the molecule is COC(=O)C(C)Nc1ccccc1C(=O)[C@H](CC(=O)O)NCCCc1ccc(O)c(C)c1. The number of anilines is 1. The van der Waals surface area contributed by atoms with E-state index >= 15 is 0 Å². The number of carbonyl (C=O) groups is 3. The van der Waals surface area contributed by atoms with E-state index in [2.05, 4.69) is 10.6 Å². The van der Waals surface area contributed by atoms with Gasteiger partial charge in [0, 0.05) is 11.3 Å². The van der Waals surface area contributed by atoms with Crippen molar-refractivity contribution in [2.45, 2.75) is 45.2 Å². The first-order valence-electron chi connectivity index (χ1n) is 10.4. The molecule has 0 aliphatic rings. The quantitative estimate of drug-likeness (QED) is 0.225. The van der Waals surface area contributed by atoms with Crippen LogP contribution >= 0.6 is 0 Å². The summed E-state index contributed by atoms with van der Waals surface area (Å²) >= 11 is 0. The van der Waals surface area contributed by atoms with Gasteiger partial charge in [-0.05, 0) is 62.6 Å². The van der Waals surface area contributed by atoms with Gasteiger partial charge in [-0.1, -0.05) is 24.3 Å². The Labute approximate surface area is 187 Å². The molecule has 8 nitrogen and oxygen atoms in total. The molecule has 0 saturated heterocycles. The first-order valence-corrected chi connectivity index (χ1v) is 10.4. The van der Waals surface area contributed by atoms with Crippen molar-refractivity contribution in [2.24, 2.45) is 0 Å². The number of methoxy groups -OCH3 is 1. The number of esters is 1. The van der Waals surface area contributed by atoms with Crippen molar-refractivity contribution in [1.82, 2.24) is 5.32 Å². The Bertz CT molecular complexity index is 959. The van der Waals surface area contributed by atoms with E-state index < -0.39 is 24.0 Å². The average molecular weight is 443 g/mol. The number of carboxylic acid groups (broad SMARTS) is 1. The molecule has 2 atom stereocenters. The van der Waals surface area contributed by atoms with Gasteiger partial charge in [-0.15, -0.1) is 0 Å². The Morgan fingerprint density at radius 1 is 1.12 bits per heavy atom. The van der Waals surface area contributed by atoms with E-state index in [9.17, 15) is 24.6 Å². The number of phenols is 1. The molecule has 0 amide bonds. The standard InChI is InChI=1S/C24H30N2O6/c1-15-13-17(10-11-21(15)27)7-6-12-25-20(14-22(28)29)23(30)18-8-4-5-9-19(18)26-16(2)24(31)32-3/h4-5,8-11,13,16,20,25-27H,6-7,12,14H2,1-3H3,(H,28,29)/t16?,20-/m0/s1. The van der Waals surface area contributed by atoms with E-state index in [0.29, 0.717) is 24.2 Å². The Morgan fingerprint density at radius 2 is 1.84 bits per heavy atom. The summed E-state index contributed by atoms with van der Waals surface area (Å²) in [4.78, 5) is 36.3. The van der Waals surface area contributed by atoms with Gasteiger partial charge in [0.15, 0.2) is 5.78 Å². The molecular formula is C24H30N2O6. The van der Waals surface area contributed by atoms with E-state index in [0.717, 1.165) is 17.5 Å². The summed E-state index contributed by atoms with van der Waals surface area (Å²) in [6.07, 6.45) is 1.04. The number of ketones is 1. The fourth-order valence-electron chi connectivity index (χ4n) is 3.35. The van der Waals surface area contributed by atoms with Crippen molar-refractivity contribution >= 4 is 23.4 Å². The minimum Gasteiger partial charge on any atom is -0.508 e. The maximum absolute atomic E-state index is 13.2. The lowest BCUT2D eigenvalue weighted by Crippen LogP contribution is -2.40. The number of rotatable bonds is 12. The molecule has 172 valence electrons. The highest BCUT2D eigenvalue weighted by Gasteiger charge is 2.25. The second kappa shape index (κ2) is 11.9. The number of Topliss-reactive ketones (excluding diaryl/α,β-unsaturated/α-hetero) is 1. The second-order valence-corrected chi connectivity index (χ2v) is 7.63. The molecular weight excluding hydrogens is 412 g/mol. The zero-order valence-corrected chi connectivity index (χ0v) is 18.6. The Hall–Kier alpha value is -3.39. The molecule has 1 unspecified atom stereocenters. The summed E-state index contributed by atoms with van der Waals surface area (Å²) in [5.74, 6) is -1.68. The molecule has 0 aromatic heterocycles. The largest absolute Gasteiger partial charge is 0.508 e. The van der Waals surface area contributed by atoms with Gasteiger partial charge in [-0.3, -0.25) is 9.59 Å². The van der Waals surface area contributed by atoms with Crippen LogP contribution in [0.15, 0.2) is 42.5 Å². The number of aliphatic carboxylic acids is 1. The second-order valence-electron chi connectivity index (χ2n) is 7.63. The number of hydrogen-bond donors (Lipinski definition) is 4. The van der Waals surface area contributed by atoms with Crippen LogP contribution in [0.2, 0.25) is 0 Å². The molecule has 0 aliphatic heterocycles. The van der Waals surface area contributed by atoms with E-state index in [1.165, 1.54) is 7.11 Å². The summed E-state index contributed by atoms with van der Waals surface area (Å²) in [5, 5.41) is 24.9. The summed E-state index contributed by atoms with van der Waals surface area (Å²) in [5.41, 5.74) is 2.58. The number of carbonyl (C=O) groups excluding carboxylic acids is 2. The van der Waals surface area contributed by atoms with Crippen LogP contribution in [0.5, 0.6) is 5.75 Å². The third-order valence-corrected chi connectivity index (χ3v) is 5.11. The summed E-state index contributed by atoms with van der Waals surface area (Å²) < 4.78 is 4.71. The molecule has 4 N–H and O–H groups in total. The van der Waals surface area contributed by atoms with Crippen LogP contribution in [0.3, 0.4) is 0 Å². The first-order chi connectivity index (χ1) is 15.2. The fourth-order valence-corrected chi connectivity index (χ4v) is 3.35. The normalized spacial score (nSPS) is 12.6. The number of carboxylic acids is 1. The van der Waals surface area contributed by atoms with Gasteiger partial charge in [0.2, 0.25) is 0 Å². The summed E-state index contributed by atoms with van der Waals surface area (Å²) in [6, 6.07) is 10.5. The van der Waals surface area contributed by atoms with Gasteiger partial charge in [0.25, 0.3) is 0 Å². The van der Waals surface area contributed by atoms with E-state index in [1.54, 1.807) is 37.3 Å². The van der Waals surface area contributed by atoms with Gasteiger partial charge in [0.1, 0.15) is 11.8 Å². The van der Waals surface area contributed by atoms with Crippen LogP contribution in [0.4, 0.5) is 5.69 Å². The van der Waals surface area contributed by atoms with Crippen LogP contribution in [0.1, 0.15) is 41.3 Å². The molecule has 0 saturated carbocycles. The predicted molar refractivity (Wildman–Crippen MR) is 121 cm³/mol. The third kappa shape index (κ3) is 7.09. The van der Waals surface area contributed by atoms with Crippen LogP contribution in [-0.4, -0.2) is 53.7 Å². The number of para-hydroxylation sites is 1. The zero-order chi connectivity index (χ0) is 23.7. The minimum atomic E-state index is -1.08. The van der Waals surface area contributed by atoms with Gasteiger partial charge < -0.3 is 25.6 Å². The molecule has 0 spiro atoms. The lowest BCUT2D eigenvalue weighted by Gasteiger charge is -2.20. The molecule has 0 radical (unpaired) electrons. The maximum Gasteiger partial charge on any atom is 0.327 e.